The molecule has 1 aliphatic rings. The van der Waals surface area contributed by atoms with Crippen molar-refractivity contribution >= 4 is 16.0 Å². The van der Waals surface area contributed by atoms with Gasteiger partial charge in [0.25, 0.3) is 0 Å². The van der Waals surface area contributed by atoms with Crippen LogP contribution >= 0.6 is 0 Å². The average molecular weight is 234 g/mol. The van der Waals surface area contributed by atoms with Crippen molar-refractivity contribution in [1.29, 1.82) is 0 Å². The fourth-order valence-corrected chi connectivity index (χ4v) is 2.63. The number of rotatable bonds is 4. The van der Waals surface area contributed by atoms with Crippen LogP contribution in [0.15, 0.2) is 4.99 Å². The highest BCUT2D eigenvalue weighted by atomic mass is 32.2. The Kier molecular flexibility index (Phi) is 3.92. The van der Waals surface area contributed by atoms with Crippen molar-refractivity contribution in [2.75, 3.05) is 32.4 Å². The van der Waals surface area contributed by atoms with Crippen LogP contribution in [0.4, 0.5) is 0 Å². The van der Waals surface area contributed by atoms with E-state index in [2.05, 4.69) is 10.3 Å². The molecule has 1 fully saturated rings. The average Bonchev–Trinajstić information content (AvgIpc) is 2.14. The summed E-state index contributed by atoms with van der Waals surface area (Å²) in [5.41, 5.74) is 5.45. The first-order valence-electron chi connectivity index (χ1n) is 4.93. The van der Waals surface area contributed by atoms with Gasteiger partial charge in [0.15, 0.2) is 5.96 Å². The smallest absolute Gasteiger partial charge is 0.213 e. The fraction of sp³-hybridized carbons (Fsp3) is 0.875. The zero-order valence-electron chi connectivity index (χ0n) is 9.10. The number of nitrogens with zero attached hydrogens (tertiary/aromatic N) is 2. The summed E-state index contributed by atoms with van der Waals surface area (Å²) in [5, 5.41) is 2.93. The lowest BCUT2D eigenvalue weighted by Gasteiger charge is -2.37. The maximum absolute atomic E-state index is 11.4. The quantitative estimate of drug-likeness (QED) is 0.472. The van der Waals surface area contributed by atoms with Gasteiger partial charge >= 0.3 is 0 Å². The predicted molar refractivity (Wildman–Crippen MR) is 60.1 cm³/mol. The van der Waals surface area contributed by atoms with Gasteiger partial charge in [-0.1, -0.05) is 0 Å². The van der Waals surface area contributed by atoms with Gasteiger partial charge in [0.05, 0.1) is 5.75 Å². The Bertz CT molecular complexity index is 333. The maximum Gasteiger partial charge on any atom is 0.213 e. The molecule has 7 heteroatoms. The van der Waals surface area contributed by atoms with Crippen molar-refractivity contribution in [2.45, 2.75) is 6.92 Å². The molecule has 6 nitrogen and oxygen atoms in total. The largest absolute Gasteiger partial charge is 0.370 e. The Labute approximate surface area is 90.6 Å². The van der Waals surface area contributed by atoms with Crippen LogP contribution in [0.3, 0.4) is 0 Å². The molecule has 15 heavy (non-hydrogen) atoms. The van der Waals surface area contributed by atoms with Crippen molar-refractivity contribution in [2.24, 2.45) is 16.6 Å². The van der Waals surface area contributed by atoms with Gasteiger partial charge in [-0.25, -0.2) is 12.7 Å². The summed E-state index contributed by atoms with van der Waals surface area (Å²) in [6, 6.07) is 0. The molecule has 0 radical (unpaired) electrons. The summed E-state index contributed by atoms with van der Waals surface area (Å²) in [6.45, 7) is 3.50. The van der Waals surface area contributed by atoms with Crippen molar-refractivity contribution in [3.63, 3.8) is 0 Å². The summed E-state index contributed by atoms with van der Waals surface area (Å²) in [4.78, 5) is 3.75. The van der Waals surface area contributed by atoms with Crippen molar-refractivity contribution in [3.8, 4) is 0 Å². The van der Waals surface area contributed by atoms with Gasteiger partial charge in [-0.3, -0.25) is 4.99 Å². The van der Waals surface area contributed by atoms with Crippen LogP contribution in [-0.4, -0.2) is 51.1 Å². The number of hydrogen-bond donors (Lipinski definition) is 2. The molecule has 0 aliphatic carbocycles. The lowest BCUT2D eigenvalue weighted by atomic mass is 10.0. The van der Waals surface area contributed by atoms with Gasteiger partial charge < -0.3 is 11.1 Å². The Hall–Kier alpha value is -0.820. The number of aliphatic imine (C=N–C) groups is 1. The van der Waals surface area contributed by atoms with E-state index >= 15 is 0 Å². The molecule has 0 bridgehead atoms. The molecular weight excluding hydrogens is 216 g/mol. The molecule has 3 N–H and O–H groups in total. The molecule has 1 rings (SSSR count). The summed E-state index contributed by atoms with van der Waals surface area (Å²) in [5.74, 6) is 0.907. The zero-order chi connectivity index (χ0) is 11.5. The second kappa shape index (κ2) is 4.80. The van der Waals surface area contributed by atoms with E-state index in [9.17, 15) is 8.42 Å². The molecule has 88 valence electrons. The van der Waals surface area contributed by atoms with E-state index in [0.717, 1.165) is 0 Å². The lowest BCUT2D eigenvalue weighted by Crippen LogP contribution is -2.54. The molecule has 0 aromatic carbocycles. The maximum atomic E-state index is 11.4. The van der Waals surface area contributed by atoms with Crippen LogP contribution in [0.25, 0.3) is 0 Å². The van der Waals surface area contributed by atoms with Gasteiger partial charge in [-0.2, -0.15) is 0 Å². The van der Waals surface area contributed by atoms with Gasteiger partial charge in [-0.05, 0) is 6.92 Å². The normalized spacial score (nSPS) is 20.0. The van der Waals surface area contributed by atoms with Crippen molar-refractivity contribution in [1.82, 2.24) is 9.62 Å². The van der Waals surface area contributed by atoms with E-state index < -0.39 is 10.0 Å². The third-order valence-corrected chi connectivity index (χ3v) is 4.31. The van der Waals surface area contributed by atoms with E-state index in [1.165, 1.54) is 4.31 Å². The summed E-state index contributed by atoms with van der Waals surface area (Å²) in [6.07, 6.45) is 0. The molecule has 0 amide bonds. The van der Waals surface area contributed by atoms with Crippen LogP contribution in [-0.2, 0) is 10.0 Å². The van der Waals surface area contributed by atoms with E-state index in [1.54, 1.807) is 14.0 Å². The highest BCUT2D eigenvalue weighted by Gasteiger charge is 2.34. The molecule has 0 atom stereocenters. The molecule has 1 aliphatic heterocycles. The SMILES string of the molecule is CCS(=O)(=O)N1CC(CNC(N)=NC)C1. The van der Waals surface area contributed by atoms with Gasteiger partial charge in [0.2, 0.25) is 10.0 Å². The number of nitrogens with one attached hydrogen (secondary N) is 1. The van der Waals surface area contributed by atoms with Crippen molar-refractivity contribution in [3.05, 3.63) is 0 Å². The minimum absolute atomic E-state index is 0.172. The molecule has 0 spiro atoms. The second-order valence-corrected chi connectivity index (χ2v) is 5.83. The molecule has 0 aromatic rings. The molecular formula is C8H18N4O2S. The van der Waals surface area contributed by atoms with Crippen molar-refractivity contribution < 1.29 is 8.42 Å². The standard InChI is InChI=1S/C8H18N4O2S/c1-3-15(13,14)12-5-7(6-12)4-11-8(9)10-2/h7H,3-6H2,1-2H3,(H3,9,10,11). The van der Waals surface area contributed by atoms with E-state index in [-0.39, 0.29) is 5.75 Å². The molecule has 1 saturated heterocycles. The highest BCUT2D eigenvalue weighted by Crippen LogP contribution is 2.18. The molecule has 0 saturated carbocycles. The van der Waals surface area contributed by atoms with Gasteiger partial charge in [0.1, 0.15) is 0 Å². The summed E-state index contributed by atoms with van der Waals surface area (Å²) in [7, 11) is -1.39. The summed E-state index contributed by atoms with van der Waals surface area (Å²) >= 11 is 0. The van der Waals surface area contributed by atoms with Crippen LogP contribution < -0.4 is 11.1 Å². The first kappa shape index (κ1) is 12.3. The monoisotopic (exact) mass is 234 g/mol. The molecule has 1 heterocycles. The predicted octanol–water partition coefficient (Wildman–Crippen LogP) is -1.20. The first-order valence-corrected chi connectivity index (χ1v) is 6.54. The number of guanidine groups is 1. The van der Waals surface area contributed by atoms with Crippen LogP contribution in [0.5, 0.6) is 0 Å². The first-order chi connectivity index (χ1) is 6.99. The zero-order valence-corrected chi connectivity index (χ0v) is 9.92. The minimum Gasteiger partial charge on any atom is -0.370 e. The number of nitrogens with two attached hydrogens (primary N) is 1. The van der Waals surface area contributed by atoms with Crippen LogP contribution in [0.2, 0.25) is 0 Å². The van der Waals surface area contributed by atoms with Gasteiger partial charge in [0, 0.05) is 32.6 Å². The molecule has 0 aromatic heterocycles. The number of sulfonamides is 1. The topological polar surface area (TPSA) is 87.8 Å². The number of hydrogen-bond acceptors (Lipinski definition) is 3. The third kappa shape index (κ3) is 3.07. The summed E-state index contributed by atoms with van der Waals surface area (Å²) < 4.78 is 24.3. The van der Waals surface area contributed by atoms with E-state index in [4.69, 9.17) is 5.73 Å². The lowest BCUT2D eigenvalue weighted by molar-refractivity contribution is 0.202. The van der Waals surface area contributed by atoms with Crippen LogP contribution in [0, 0.1) is 5.92 Å². The van der Waals surface area contributed by atoms with Crippen LogP contribution in [0.1, 0.15) is 6.92 Å². The molecule has 0 unspecified atom stereocenters. The van der Waals surface area contributed by atoms with Gasteiger partial charge in [-0.15, -0.1) is 0 Å². The minimum atomic E-state index is -2.99. The van der Waals surface area contributed by atoms with E-state index in [1.807, 2.05) is 0 Å². The fourth-order valence-electron chi connectivity index (χ4n) is 1.39. The third-order valence-electron chi connectivity index (χ3n) is 2.49. The Morgan fingerprint density at radius 2 is 2.20 bits per heavy atom. The Morgan fingerprint density at radius 1 is 1.60 bits per heavy atom. The Balaban J connectivity index is 2.27. The van der Waals surface area contributed by atoms with E-state index in [0.29, 0.717) is 31.5 Å². The second-order valence-electron chi connectivity index (χ2n) is 3.57. The Morgan fingerprint density at radius 3 is 2.67 bits per heavy atom. The highest BCUT2D eigenvalue weighted by molar-refractivity contribution is 7.89.